The third kappa shape index (κ3) is 5.06. The molecule has 2 aliphatic heterocycles. The van der Waals surface area contributed by atoms with Crippen LogP contribution < -0.4 is 25.8 Å². The average molecular weight is 631 g/mol. The number of alkyl halides is 2. The number of carbonyl (C=O) groups is 1. The number of nitrogens with one attached hydrogen (secondary N) is 2. The van der Waals surface area contributed by atoms with Crippen LogP contribution >= 0.6 is 11.6 Å². The Hall–Kier alpha value is -3.80. The van der Waals surface area contributed by atoms with Crippen molar-refractivity contribution in [2.45, 2.75) is 58.0 Å². The molecule has 4 heterocycles. The first-order valence-electron chi connectivity index (χ1n) is 14.7. The van der Waals surface area contributed by atoms with Crippen LogP contribution in [0.4, 0.5) is 36.5 Å². The van der Waals surface area contributed by atoms with Gasteiger partial charge in [0.2, 0.25) is 5.75 Å². The van der Waals surface area contributed by atoms with Crippen molar-refractivity contribution >= 4 is 51.5 Å². The number of pyridine rings is 2. The second-order valence-electron chi connectivity index (χ2n) is 13.3. The molecule has 0 bridgehead atoms. The second kappa shape index (κ2) is 10.4. The number of anilines is 4. The molecule has 1 saturated heterocycles. The molecule has 1 aromatic carbocycles. The number of nitrogens with zero attached hydrogens (tertiary/aromatic N) is 4. The Bertz CT molecular complexity index is 1710. The van der Waals surface area contributed by atoms with Crippen LogP contribution in [0.5, 0.6) is 5.75 Å². The Balaban J connectivity index is 1.35. The Kier molecular flexibility index (Phi) is 7.14. The molecular formula is C31H37ClF2N6O4. The number of aromatic nitrogens is 2. The number of carboxylic acid groups (broad SMARTS) is 1. The molecule has 2 atom stereocenters. The van der Waals surface area contributed by atoms with E-state index >= 15 is 8.78 Å². The van der Waals surface area contributed by atoms with E-state index < -0.39 is 35.8 Å². The fourth-order valence-corrected chi connectivity index (χ4v) is 6.44. The third-order valence-corrected chi connectivity index (χ3v) is 9.89. The van der Waals surface area contributed by atoms with E-state index in [0.29, 0.717) is 65.6 Å². The zero-order valence-corrected chi connectivity index (χ0v) is 26.1. The van der Waals surface area contributed by atoms with Crippen molar-refractivity contribution in [2.24, 2.45) is 18.4 Å². The van der Waals surface area contributed by atoms with Gasteiger partial charge in [0.25, 0.3) is 5.56 Å². The molecule has 3 aliphatic rings. The van der Waals surface area contributed by atoms with Gasteiger partial charge in [-0.3, -0.25) is 9.69 Å². The Morgan fingerprint density at radius 1 is 1.23 bits per heavy atom. The number of aryl methyl sites for hydroxylation is 1. The van der Waals surface area contributed by atoms with Gasteiger partial charge in [0, 0.05) is 43.8 Å². The molecular weight excluding hydrogens is 594 g/mol. The molecule has 3 aromatic rings. The second-order valence-corrected chi connectivity index (χ2v) is 13.7. The molecule has 1 saturated carbocycles. The van der Waals surface area contributed by atoms with Crippen molar-refractivity contribution in [3.8, 4) is 5.75 Å². The Labute approximate surface area is 258 Å². The first kappa shape index (κ1) is 30.2. The van der Waals surface area contributed by atoms with Crippen molar-refractivity contribution < 1.29 is 23.4 Å². The third-order valence-electron chi connectivity index (χ3n) is 9.59. The largest absolute Gasteiger partial charge is 0.480 e. The van der Waals surface area contributed by atoms with Crippen molar-refractivity contribution in [1.29, 1.82) is 0 Å². The summed E-state index contributed by atoms with van der Waals surface area (Å²) in [7, 11) is 1.59. The van der Waals surface area contributed by atoms with Gasteiger partial charge in [0.05, 0.1) is 39.7 Å². The van der Waals surface area contributed by atoms with Crippen LogP contribution in [0.2, 0.25) is 5.02 Å². The number of halogens is 3. The molecule has 1 aliphatic carbocycles. The number of hydrogen-bond donors (Lipinski definition) is 3. The molecule has 236 valence electrons. The van der Waals surface area contributed by atoms with E-state index in [9.17, 15) is 14.7 Å². The van der Waals surface area contributed by atoms with Gasteiger partial charge in [-0.05, 0) is 49.3 Å². The lowest BCUT2D eigenvalue weighted by molar-refractivity contribution is -0.0579. The lowest BCUT2D eigenvalue weighted by Gasteiger charge is -2.54. The highest BCUT2D eigenvalue weighted by molar-refractivity contribution is 6.33. The van der Waals surface area contributed by atoms with Gasteiger partial charge in [-0.2, -0.15) is 0 Å². The van der Waals surface area contributed by atoms with Gasteiger partial charge in [-0.25, -0.2) is 18.6 Å². The summed E-state index contributed by atoms with van der Waals surface area (Å²) >= 11 is 6.58. The summed E-state index contributed by atoms with van der Waals surface area (Å²) in [4.78, 5) is 33.3. The van der Waals surface area contributed by atoms with E-state index in [2.05, 4.69) is 20.5 Å². The van der Waals surface area contributed by atoms with E-state index in [1.165, 1.54) is 9.47 Å². The smallest absolute Gasteiger partial charge is 0.407 e. The van der Waals surface area contributed by atoms with E-state index in [-0.39, 0.29) is 22.8 Å². The van der Waals surface area contributed by atoms with Crippen LogP contribution in [-0.4, -0.2) is 69.4 Å². The summed E-state index contributed by atoms with van der Waals surface area (Å²) in [6.07, 6.45) is 1.99. The molecule has 13 heteroatoms. The summed E-state index contributed by atoms with van der Waals surface area (Å²) < 4.78 is 36.9. The van der Waals surface area contributed by atoms with E-state index in [1.54, 1.807) is 31.4 Å². The average Bonchev–Trinajstić information content (AvgIpc) is 3.79. The lowest BCUT2D eigenvalue weighted by atomic mass is 9.72. The van der Waals surface area contributed by atoms with Crippen molar-refractivity contribution in [2.75, 3.05) is 41.8 Å². The predicted octanol–water partition coefficient (Wildman–Crippen LogP) is 6.15. The molecule has 2 fully saturated rings. The first-order valence-corrected chi connectivity index (χ1v) is 15.1. The number of rotatable bonds is 4. The van der Waals surface area contributed by atoms with Crippen LogP contribution in [0.15, 0.2) is 35.3 Å². The molecule has 2 unspecified atom stereocenters. The molecule has 44 heavy (non-hydrogen) atoms. The fraction of sp³-hybridized carbons (Fsp3) is 0.516. The van der Waals surface area contributed by atoms with Gasteiger partial charge >= 0.3 is 12.0 Å². The zero-order chi connectivity index (χ0) is 31.8. The van der Waals surface area contributed by atoms with E-state index in [1.807, 2.05) is 33.8 Å². The van der Waals surface area contributed by atoms with Gasteiger partial charge in [-0.15, -0.1) is 0 Å². The molecule has 1 amide bonds. The Morgan fingerprint density at radius 2 is 1.95 bits per heavy atom. The predicted molar refractivity (Wildman–Crippen MR) is 167 cm³/mol. The topological polar surface area (TPSA) is 112 Å². The van der Waals surface area contributed by atoms with Crippen LogP contribution in [-0.2, 0) is 7.05 Å². The van der Waals surface area contributed by atoms with Gasteiger partial charge in [0.1, 0.15) is 5.82 Å². The summed E-state index contributed by atoms with van der Waals surface area (Å²) in [5.41, 5.74) is 0.503. The Morgan fingerprint density at radius 3 is 2.61 bits per heavy atom. The summed E-state index contributed by atoms with van der Waals surface area (Å²) in [6, 6.07) is 6.02. The van der Waals surface area contributed by atoms with Crippen LogP contribution in [0.25, 0.3) is 10.9 Å². The minimum Gasteiger partial charge on any atom is -0.480 e. The molecule has 10 nitrogen and oxygen atoms in total. The lowest BCUT2D eigenvalue weighted by Crippen LogP contribution is -2.67. The maximum Gasteiger partial charge on any atom is 0.407 e. The number of piperazine rings is 1. The highest BCUT2D eigenvalue weighted by Crippen LogP contribution is 2.46. The maximum absolute atomic E-state index is 15.0. The summed E-state index contributed by atoms with van der Waals surface area (Å²) in [6.45, 7) is 8.38. The van der Waals surface area contributed by atoms with Crippen molar-refractivity contribution in [3.63, 3.8) is 0 Å². The number of ether oxygens (including phenoxy) is 1. The molecule has 6 rings (SSSR count). The molecule has 2 aromatic heterocycles. The number of amides is 1. The highest BCUT2D eigenvalue weighted by atomic mass is 35.5. The van der Waals surface area contributed by atoms with Gasteiger partial charge in [0.15, 0.2) is 6.61 Å². The number of hydrogen-bond acceptors (Lipinski definition) is 7. The van der Waals surface area contributed by atoms with Gasteiger partial charge < -0.3 is 29.9 Å². The first-order chi connectivity index (χ1) is 20.6. The van der Waals surface area contributed by atoms with Crippen LogP contribution in [0.3, 0.4) is 0 Å². The highest BCUT2D eigenvalue weighted by Gasteiger charge is 2.51. The maximum atomic E-state index is 15.0. The molecule has 3 N–H and O–H groups in total. The monoisotopic (exact) mass is 630 g/mol. The van der Waals surface area contributed by atoms with Crippen molar-refractivity contribution in [1.82, 2.24) is 14.5 Å². The quantitative estimate of drug-likeness (QED) is 0.315. The van der Waals surface area contributed by atoms with E-state index in [0.717, 1.165) is 0 Å². The zero-order valence-electron chi connectivity index (χ0n) is 25.4. The fourth-order valence-electron chi connectivity index (χ4n) is 6.29. The molecule has 0 radical (unpaired) electrons. The van der Waals surface area contributed by atoms with Crippen LogP contribution in [0, 0.1) is 11.3 Å². The van der Waals surface area contributed by atoms with Crippen molar-refractivity contribution in [3.05, 3.63) is 45.8 Å². The minimum atomic E-state index is -3.13. The minimum absolute atomic E-state index is 0.119. The van der Waals surface area contributed by atoms with E-state index in [4.69, 9.17) is 16.3 Å². The molecule has 0 spiro atoms. The van der Waals surface area contributed by atoms with Gasteiger partial charge in [-0.1, -0.05) is 32.4 Å². The normalized spacial score (nSPS) is 23.4. The number of fused-ring (bicyclic) bond motifs is 3. The van der Waals surface area contributed by atoms with Crippen LogP contribution in [0.1, 0.15) is 40.5 Å². The summed E-state index contributed by atoms with van der Waals surface area (Å²) in [5, 5.41) is 17.2. The summed E-state index contributed by atoms with van der Waals surface area (Å²) in [5.74, 6) is -2.80. The SMILES string of the molecule is Cn1c(=O)c2c(c3cc(Nc4cc(N5CCN(C(=O)O)C(C)(C(C)(C)C)C5)ncc4Cl)ccc31)NC(C1CC1)C(F)(F)CO2. The number of benzene rings is 1. The standard InChI is InChI=1S/C31H37ClF2N6O4/c1-29(2,3)30(4)15-39(10-11-40(30)28(42)43)23-13-21(20(32)14-35-23)36-18-8-9-22-19(12-18)24-25(27(41)38(22)5)44-16-31(33,34)26(37-24)17-6-7-17/h8-9,12-14,17,26,37H,6-7,10-11,15-16H2,1-5H3,(H,35,36)(H,42,43).